The molecule has 4 rings (SSSR count). The first-order chi connectivity index (χ1) is 11.3. The van der Waals surface area contributed by atoms with Crippen molar-refractivity contribution in [3.8, 4) is 0 Å². The van der Waals surface area contributed by atoms with E-state index in [9.17, 15) is 0 Å². The van der Waals surface area contributed by atoms with E-state index in [0.29, 0.717) is 0 Å². The first kappa shape index (κ1) is 16.8. The maximum absolute atomic E-state index is 7.30. The van der Waals surface area contributed by atoms with Gasteiger partial charge in [-0.2, -0.15) is 0 Å². The van der Waals surface area contributed by atoms with Crippen LogP contribution in [0.15, 0.2) is 65.8 Å². The van der Waals surface area contributed by atoms with E-state index in [0.717, 1.165) is 6.42 Å². The summed E-state index contributed by atoms with van der Waals surface area (Å²) in [4.78, 5) is 0. The van der Waals surface area contributed by atoms with E-state index in [1.807, 2.05) is 0 Å². The van der Waals surface area contributed by atoms with E-state index in [4.69, 9.17) is 17.0 Å². The van der Waals surface area contributed by atoms with Crippen LogP contribution in [0.2, 0.25) is 3.12 Å². The van der Waals surface area contributed by atoms with Gasteiger partial charge in [0, 0.05) is 0 Å². The molecule has 0 nitrogen and oxygen atoms in total. The van der Waals surface area contributed by atoms with Gasteiger partial charge in [0.2, 0.25) is 0 Å². The van der Waals surface area contributed by atoms with E-state index in [2.05, 4.69) is 75.4 Å². The van der Waals surface area contributed by atoms with Crippen LogP contribution < -0.4 is 0 Å². The first-order valence-corrected chi connectivity index (χ1v) is 17.1. The first-order valence-electron chi connectivity index (χ1n) is 8.32. The van der Waals surface area contributed by atoms with Crippen LogP contribution in [0.1, 0.15) is 31.9 Å². The molecular weight excluding hydrogens is 414 g/mol. The van der Waals surface area contributed by atoms with E-state index in [1.165, 1.54) is 36.3 Å². The summed E-state index contributed by atoms with van der Waals surface area (Å²) in [7, 11) is 14.6. The standard InChI is InChI=1S/C13H9.C8H11.2ClH.Zr/c1-2-6-12-10(4-1)8-9-11-5-3-7-13(11)12;1-6-4-7(2)8(3)5-6;;;/h1-4,6,8-9H,5H2;4-5H,1-3H3;2*1H;/q;;;;+2/p-2. The third-order valence-electron chi connectivity index (χ3n) is 5.58. The second kappa shape index (κ2) is 5.70. The normalized spacial score (nSPS) is 23.1. The van der Waals surface area contributed by atoms with Gasteiger partial charge in [-0.1, -0.05) is 0 Å². The number of fused-ring (bicyclic) bond motifs is 3. The van der Waals surface area contributed by atoms with Gasteiger partial charge in [0.15, 0.2) is 0 Å². The molecule has 2 aromatic carbocycles. The van der Waals surface area contributed by atoms with E-state index in [1.54, 1.807) is 0 Å². The van der Waals surface area contributed by atoms with Crippen molar-refractivity contribution in [1.82, 2.24) is 0 Å². The van der Waals surface area contributed by atoms with Crippen molar-refractivity contribution in [3.05, 3.63) is 76.9 Å². The fourth-order valence-corrected chi connectivity index (χ4v) is 14.7. The van der Waals surface area contributed by atoms with Gasteiger partial charge in [-0.15, -0.1) is 0 Å². The van der Waals surface area contributed by atoms with Gasteiger partial charge in [-0.3, -0.25) is 0 Å². The number of hydrogen-bond acceptors (Lipinski definition) is 0. The minimum atomic E-state index is -3.68. The summed E-state index contributed by atoms with van der Waals surface area (Å²) in [6, 6.07) is 13.0. The molecule has 2 aromatic rings. The molecule has 122 valence electrons. The quantitative estimate of drug-likeness (QED) is 0.466. The predicted molar refractivity (Wildman–Crippen MR) is 103 cm³/mol. The van der Waals surface area contributed by atoms with Crippen LogP contribution in [0.5, 0.6) is 0 Å². The van der Waals surface area contributed by atoms with E-state index < -0.39 is 17.9 Å². The van der Waals surface area contributed by atoms with Gasteiger partial charge in [0.25, 0.3) is 0 Å². The Morgan fingerprint density at radius 3 is 2.50 bits per heavy atom. The Labute approximate surface area is 155 Å². The Bertz CT molecular complexity index is 949. The summed E-state index contributed by atoms with van der Waals surface area (Å²) in [6.45, 7) is 6.54. The summed E-state index contributed by atoms with van der Waals surface area (Å²) in [5.74, 6) is 0. The average molecular weight is 435 g/mol. The van der Waals surface area contributed by atoms with Crippen LogP contribution in [0.25, 0.3) is 14.1 Å². The fraction of sp³-hybridized carbons (Fsp3) is 0.238. The number of rotatable bonds is 2. The summed E-state index contributed by atoms with van der Waals surface area (Å²) in [5.41, 5.74) is 5.24. The zero-order valence-electron chi connectivity index (χ0n) is 14.2. The van der Waals surface area contributed by atoms with Gasteiger partial charge in [-0.05, 0) is 0 Å². The van der Waals surface area contributed by atoms with Crippen LogP contribution in [0.3, 0.4) is 0 Å². The van der Waals surface area contributed by atoms with Crippen molar-refractivity contribution in [3.63, 3.8) is 0 Å². The third kappa shape index (κ3) is 2.28. The molecule has 0 heterocycles. The molecule has 2 aliphatic carbocycles. The van der Waals surface area contributed by atoms with Crippen molar-refractivity contribution in [2.75, 3.05) is 0 Å². The third-order valence-corrected chi connectivity index (χ3v) is 19.9. The molecule has 1 unspecified atom stereocenters. The van der Waals surface area contributed by atoms with E-state index in [-0.39, 0.29) is 3.12 Å². The van der Waals surface area contributed by atoms with Crippen molar-refractivity contribution in [1.29, 1.82) is 0 Å². The van der Waals surface area contributed by atoms with Crippen molar-refractivity contribution >= 4 is 31.1 Å². The molecule has 0 spiro atoms. The molecule has 1 atom stereocenters. The van der Waals surface area contributed by atoms with Gasteiger partial charge in [0.1, 0.15) is 0 Å². The Kier molecular flexibility index (Phi) is 4.00. The molecule has 0 radical (unpaired) electrons. The average Bonchev–Trinajstić information content (AvgIpc) is 3.09. The fourth-order valence-electron chi connectivity index (χ4n) is 4.12. The van der Waals surface area contributed by atoms with Crippen LogP contribution in [-0.2, 0) is 24.3 Å². The molecule has 0 saturated carbocycles. The molecule has 0 saturated heterocycles. The van der Waals surface area contributed by atoms with E-state index >= 15 is 0 Å². The number of hydrogen-bond donors (Lipinski definition) is 0. The minimum absolute atomic E-state index is 0.188. The Hall–Kier alpha value is -0.617. The van der Waals surface area contributed by atoms with Crippen LogP contribution in [-0.4, -0.2) is 0 Å². The molecular formula is C21H20Cl2Zr. The zero-order chi connectivity index (χ0) is 17.1. The Morgan fingerprint density at radius 2 is 1.79 bits per heavy atom. The van der Waals surface area contributed by atoms with Crippen molar-refractivity contribution in [2.45, 2.75) is 30.3 Å². The zero-order valence-corrected chi connectivity index (χ0v) is 18.1. The molecule has 0 N–H and O–H groups in total. The molecule has 2 aliphatic rings. The van der Waals surface area contributed by atoms with Gasteiger partial charge in [-0.25, -0.2) is 0 Å². The Balaban J connectivity index is 1.92. The number of benzene rings is 2. The molecule has 0 fully saturated rings. The second-order valence-corrected chi connectivity index (χ2v) is 21.7. The van der Waals surface area contributed by atoms with Crippen LogP contribution in [0, 0.1) is 0 Å². The SMILES string of the molecule is CC1=C[C](C)([Zr]([Cl])([Cl])[C]2=CCc3ccc4ccccc4c32)C(C)=C1. The Morgan fingerprint density at radius 1 is 1.04 bits per heavy atom. The topological polar surface area (TPSA) is 0 Å². The van der Waals surface area contributed by atoms with Gasteiger partial charge >= 0.3 is 156 Å². The van der Waals surface area contributed by atoms with Gasteiger partial charge < -0.3 is 0 Å². The van der Waals surface area contributed by atoms with Crippen molar-refractivity contribution < 1.29 is 17.9 Å². The summed E-state index contributed by atoms with van der Waals surface area (Å²) >= 11 is -3.68. The second-order valence-electron chi connectivity index (χ2n) is 7.14. The molecule has 0 aromatic heterocycles. The molecule has 0 aliphatic heterocycles. The van der Waals surface area contributed by atoms with Gasteiger partial charge in [0.05, 0.1) is 0 Å². The van der Waals surface area contributed by atoms with Crippen LogP contribution >= 0.6 is 17.0 Å². The molecule has 3 heteroatoms. The summed E-state index contributed by atoms with van der Waals surface area (Å²) in [5, 5.41) is 2.54. The van der Waals surface area contributed by atoms with Crippen LogP contribution in [0.4, 0.5) is 0 Å². The maximum atomic E-state index is 7.30. The molecule has 0 bridgehead atoms. The van der Waals surface area contributed by atoms with Crippen molar-refractivity contribution in [2.24, 2.45) is 0 Å². The summed E-state index contributed by atoms with van der Waals surface area (Å²) < 4.78 is 1.06. The number of allylic oxidation sites excluding steroid dienone is 5. The molecule has 0 amide bonds. The number of halogens is 2. The summed E-state index contributed by atoms with van der Waals surface area (Å²) in [6.07, 6.45) is 7.76. The predicted octanol–water partition coefficient (Wildman–Crippen LogP) is 7.28. The molecule has 24 heavy (non-hydrogen) atoms. The monoisotopic (exact) mass is 432 g/mol.